The number of nitrogens with zero attached hydrogens (tertiary/aromatic N) is 1. The van der Waals surface area contributed by atoms with E-state index in [9.17, 15) is 0 Å². The van der Waals surface area contributed by atoms with Crippen LogP contribution in [0.4, 0.5) is 0 Å². The molecule has 4 nitrogen and oxygen atoms in total. The second-order valence-electron chi connectivity index (χ2n) is 3.88. The van der Waals surface area contributed by atoms with Gasteiger partial charge >= 0.3 is 0 Å². The Labute approximate surface area is 106 Å². The number of rotatable bonds is 6. The Balaban J connectivity index is 1.84. The van der Waals surface area contributed by atoms with E-state index in [0.717, 1.165) is 23.7 Å². The Morgan fingerprint density at radius 1 is 1.11 bits per heavy atom. The summed E-state index contributed by atoms with van der Waals surface area (Å²) in [5, 5.41) is 9.11. The summed E-state index contributed by atoms with van der Waals surface area (Å²) in [6.07, 6.45) is 1.93. The van der Waals surface area contributed by atoms with Crippen LogP contribution in [0.5, 0.6) is 11.5 Å². The first-order valence-electron chi connectivity index (χ1n) is 5.85. The molecule has 0 amide bonds. The minimum atomic E-state index is 0.0511. The van der Waals surface area contributed by atoms with Gasteiger partial charge in [-0.1, -0.05) is 0 Å². The first-order chi connectivity index (χ1) is 8.83. The molecule has 1 aromatic heterocycles. The molecular weight excluding hydrogens is 230 g/mol. The van der Waals surface area contributed by atoms with Crippen LogP contribution in [0.15, 0.2) is 42.6 Å². The van der Waals surface area contributed by atoms with Crippen LogP contribution in [0, 0.1) is 0 Å². The summed E-state index contributed by atoms with van der Waals surface area (Å²) < 4.78 is 12.7. The predicted molar refractivity (Wildman–Crippen MR) is 68.8 cm³/mol. The Morgan fingerprint density at radius 2 is 1.83 bits per heavy atom. The van der Waals surface area contributed by atoms with Crippen molar-refractivity contribution >= 4 is 0 Å². The van der Waals surface area contributed by atoms with E-state index in [1.54, 1.807) is 7.11 Å². The van der Waals surface area contributed by atoms with Gasteiger partial charge in [0, 0.05) is 11.9 Å². The number of aliphatic hydroxyl groups is 1. The van der Waals surface area contributed by atoms with Gasteiger partial charge in [0.05, 0.1) is 20.3 Å². The van der Waals surface area contributed by atoms with Crippen LogP contribution in [0.2, 0.25) is 0 Å². The average Bonchev–Trinajstić information content (AvgIpc) is 2.87. The molecule has 0 saturated carbocycles. The van der Waals surface area contributed by atoms with E-state index < -0.39 is 0 Å². The van der Waals surface area contributed by atoms with E-state index in [4.69, 9.17) is 14.6 Å². The zero-order valence-corrected chi connectivity index (χ0v) is 10.4. The van der Waals surface area contributed by atoms with Crippen LogP contribution in [0.3, 0.4) is 0 Å². The minimum absolute atomic E-state index is 0.0511. The van der Waals surface area contributed by atoms with Crippen LogP contribution in [-0.2, 0) is 13.2 Å². The third-order valence-corrected chi connectivity index (χ3v) is 2.75. The summed E-state index contributed by atoms with van der Waals surface area (Å²) in [4.78, 5) is 0. The van der Waals surface area contributed by atoms with Crippen LogP contribution < -0.4 is 9.47 Å². The molecule has 0 unspecified atom stereocenters. The molecule has 0 fully saturated rings. The monoisotopic (exact) mass is 247 g/mol. The maximum atomic E-state index is 9.11. The van der Waals surface area contributed by atoms with Gasteiger partial charge in [-0.25, -0.2) is 0 Å². The Kier molecular flexibility index (Phi) is 4.25. The summed E-state index contributed by atoms with van der Waals surface area (Å²) in [5.74, 6) is 1.63. The second-order valence-corrected chi connectivity index (χ2v) is 3.88. The molecule has 2 rings (SSSR count). The Morgan fingerprint density at radius 3 is 2.50 bits per heavy atom. The standard InChI is InChI=1S/C14H17NO3/c1-17-13-4-6-14(7-5-13)18-10-9-15-8-2-3-12(15)11-16/h2-8,16H,9-11H2,1H3. The number of aromatic nitrogens is 1. The van der Waals surface area contributed by atoms with Gasteiger partial charge in [-0.05, 0) is 36.4 Å². The number of methoxy groups -OCH3 is 1. The molecular formula is C14H17NO3. The van der Waals surface area contributed by atoms with Gasteiger partial charge in [0.1, 0.15) is 18.1 Å². The topological polar surface area (TPSA) is 43.6 Å². The van der Waals surface area contributed by atoms with Crippen LogP contribution >= 0.6 is 0 Å². The van der Waals surface area contributed by atoms with E-state index in [0.29, 0.717) is 6.61 Å². The van der Waals surface area contributed by atoms with Gasteiger partial charge in [-0.2, -0.15) is 0 Å². The zero-order valence-electron chi connectivity index (χ0n) is 10.4. The van der Waals surface area contributed by atoms with Gasteiger partial charge < -0.3 is 19.1 Å². The van der Waals surface area contributed by atoms with E-state index >= 15 is 0 Å². The number of hydrogen-bond donors (Lipinski definition) is 1. The van der Waals surface area contributed by atoms with Crippen molar-refractivity contribution in [2.45, 2.75) is 13.2 Å². The van der Waals surface area contributed by atoms with E-state index in [1.165, 1.54) is 0 Å². The third kappa shape index (κ3) is 3.05. The highest BCUT2D eigenvalue weighted by Crippen LogP contribution is 2.17. The highest BCUT2D eigenvalue weighted by atomic mass is 16.5. The fourth-order valence-corrected chi connectivity index (χ4v) is 1.74. The van der Waals surface area contributed by atoms with Gasteiger partial charge in [0.2, 0.25) is 0 Å². The number of aliphatic hydroxyl groups excluding tert-OH is 1. The Bertz CT molecular complexity index is 476. The van der Waals surface area contributed by atoms with Gasteiger partial charge in [-0.15, -0.1) is 0 Å². The highest BCUT2D eigenvalue weighted by Gasteiger charge is 2.00. The van der Waals surface area contributed by atoms with Gasteiger partial charge in [0.15, 0.2) is 0 Å². The van der Waals surface area contributed by atoms with E-state index in [1.807, 2.05) is 47.2 Å². The number of benzene rings is 1. The highest BCUT2D eigenvalue weighted by molar-refractivity contribution is 5.31. The number of hydrogen-bond acceptors (Lipinski definition) is 3. The molecule has 0 saturated heterocycles. The minimum Gasteiger partial charge on any atom is -0.497 e. The molecule has 0 radical (unpaired) electrons. The Hall–Kier alpha value is -1.94. The maximum Gasteiger partial charge on any atom is 0.119 e. The number of ether oxygens (including phenoxy) is 2. The summed E-state index contributed by atoms with van der Waals surface area (Å²) in [5.41, 5.74) is 0.897. The second kappa shape index (κ2) is 6.12. The zero-order chi connectivity index (χ0) is 12.8. The van der Waals surface area contributed by atoms with Crippen molar-refractivity contribution < 1.29 is 14.6 Å². The lowest BCUT2D eigenvalue weighted by Gasteiger charge is -2.09. The molecule has 1 aromatic carbocycles. The molecule has 0 aliphatic rings. The van der Waals surface area contributed by atoms with Crippen LogP contribution in [0.25, 0.3) is 0 Å². The average molecular weight is 247 g/mol. The predicted octanol–water partition coefficient (Wildman–Crippen LogP) is 2.07. The van der Waals surface area contributed by atoms with Crippen molar-refractivity contribution in [1.29, 1.82) is 0 Å². The molecule has 18 heavy (non-hydrogen) atoms. The SMILES string of the molecule is COc1ccc(OCCn2cccc2CO)cc1. The van der Waals surface area contributed by atoms with Crippen molar-refractivity contribution in [2.75, 3.05) is 13.7 Å². The van der Waals surface area contributed by atoms with Gasteiger partial charge in [-0.3, -0.25) is 0 Å². The lowest BCUT2D eigenvalue weighted by atomic mass is 10.3. The van der Waals surface area contributed by atoms with Crippen molar-refractivity contribution in [2.24, 2.45) is 0 Å². The quantitative estimate of drug-likeness (QED) is 0.849. The lowest BCUT2D eigenvalue weighted by molar-refractivity contribution is 0.259. The van der Waals surface area contributed by atoms with Crippen molar-refractivity contribution in [3.63, 3.8) is 0 Å². The molecule has 4 heteroatoms. The molecule has 96 valence electrons. The van der Waals surface area contributed by atoms with E-state index in [2.05, 4.69) is 0 Å². The summed E-state index contributed by atoms with van der Waals surface area (Å²) in [6.45, 7) is 1.33. The first kappa shape index (κ1) is 12.5. The molecule has 0 atom stereocenters. The fourth-order valence-electron chi connectivity index (χ4n) is 1.74. The largest absolute Gasteiger partial charge is 0.497 e. The lowest BCUT2D eigenvalue weighted by Crippen LogP contribution is -2.09. The first-order valence-corrected chi connectivity index (χ1v) is 5.85. The smallest absolute Gasteiger partial charge is 0.119 e. The van der Waals surface area contributed by atoms with E-state index in [-0.39, 0.29) is 6.61 Å². The van der Waals surface area contributed by atoms with Crippen LogP contribution in [0.1, 0.15) is 5.69 Å². The molecule has 2 aromatic rings. The molecule has 0 spiro atoms. The summed E-state index contributed by atoms with van der Waals surface area (Å²) in [6, 6.07) is 11.3. The third-order valence-electron chi connectivity index (χ3n) is 2.75. The molecule has 1 N–H and O–H groups in total. The van der Waals surface area contributed by atoms with Gasteiger partial charge in [0.25, 0.3) is 0 Å². The molecule has 1 heterocycles. The van der Waals surface area contributed by atoms with Crippen molar-refractivity contribution in [3.05, 3.63) is 48.3 Å². The molecule has 0 aliphatic heterocycles. The summed E-state index contributed by atoms with van der Waals surface area (Å²) >= 11 is 0. The summed E-state index contributed by atoms with van der Waals surface area (Å²) in [7, 11) is 1.64. The molecule has 0 aliphatic carbocycles. The maximum absolute atomic E-state index is 9.11. The van der Waals surface area contributed by atoms with Crippen molar-refractivity contribution in [1.82, 2.24) is 4.57 Å². The molecule has 0 bridgehead atoms. The van der Waals surface area contributed by atoms with Crippen LogP contribution in [-0.4, -0.2) is 23.4 Å². The van der Waals surface area contributed by atoms with Crippen molar-refractivity contribution in [3.8, 4) is 11.5 Å². The normalized spacial score (nSPS) is 10.3. The fraction of sp³-hybridized carbons (Fsp3) is 0.286.